The molecule has 3 aliphatic rings. The SMILES string of the molecule is OC(O)C[P+](C1C=CC=CC1)(C1C=CC=CC1)C1C=CC=CC1. The van der Waals surface area contributed by atoms with E-state index >= 15 is 0 Å². The maximum Gasteiger partial charge on any atom is 0.186 e. The number of hydrogen-bond acceptors (Lipinski definition) is 2. The average molecular weight is 329 g/mol. The summed E-state index contributed by atoms with van der Waals surface area (Å²) >= 11 is 0. The number of hydrogen-bond donors (Lipinski definition) is 2. The third-order valence-corrected chi connectivity index (χ3v) is 11.0. The van der Waals surface area contributed by atoms with E-state index in [-0.39, 0.29) is 0 Å². The summed E-state index contributed by atoms with van der Waals surface area (Å²) in [6.07, 6.45) is 28.7. The zero-order valence-electron chi connectivity index (χ0n) is 13.4. The molecule has 0 aliphatic heterocycles. The van der Waals surface area contributed by atoms with Crippen LogP contribution in [0, 0.1) is 0 Å². The first-order valence-electron chi connectivity index (χ1n) is 8.46. The first-order valence-corrected chi connectivity index (χ1v) is 10.6. The molecule has 23 heavy (non-hydrogen) atoms. The van der Waals surface area contributed by atoms with E-state index in [0.717, 1.165) is 19.3 Å². The zero-order valence-corrected chi connectivity index (χ0v) is 14.3. The van der Waals surface area contributed by atoms with Gasteiger partial charge < -0.3 is 10.2 Å². The van der Waals surface area contributed by atoms with Crippen LogP contribution in [0.4, 0.5) is 0 Å². The van der Waals surface area contributed by atoms with Crippen molar-refractivity contribution in [3.63, 3.8) is 0 Å². The van der Waals surface area contributed by atoms with Crippen LogP contribution >= 0.6 is 7.26 Å². The van der Waals surface area contributed by atoms with E-state index in [1.54, 1.807) is 0 Å². The van der Waals surface area contributed by atoms with Crippen LogP contribution in [-0.4, -0.2) is 39.6 Å². The molecule has 3 rings (SSSR count). The Morgan fingerprint density at radius 3 is 1.35 bits per heavy atom. The first kappa shape index (κ1) is 16.6. The lowest BCUT2D eigenvalue weighted by Crippen LogP contribution is -2.36. The Bertz CT molecular complexity index is 506. The highest BCUT2D eigenvalue weighted by atomic mass is 31.2. The van der Waals surface area contributed by atoms with Gasteiger partial charge in [-0.05, 0) is 18.2 Å². The molecule has 0 bridgehead atoms. The molecule has 0 radical (unpaired) electrons. The van der Waals surface area contributed by atoms with Crippen LogP contribution in [0.2, 0.25) is 0 Å². The zero-order chi connectivity index (χ0) is 16.1. The lowest BCUT2D eigenvalue weighted by atomic mass is 10.2. The highest BCUT2D eigenvalue weighted by Gasteiger charge is 2.55. The smallest absolute Gasteiger partial charge is 0.186 e. The van der Waals surface area contributed by atoms with E-state index in [9.17, 15) is 10.2 Å². The number of rotatable bonds is 5. The van der Waals surface area contributed by atoms with Crippen LogP contribution in [0.5, 0.6) is 0 Å². The minimum Gasteiger partial charge on any atom is -0.365 e. The van der Waals surface area contributed by atoms with E-state index in [0.29, 0.717) is 23.1 Å². The molecule has 3 unspecified atom stereocenters. The van der Waals surface area contributed by atoms with Gasteiger partial charge in [0.1, 0.15) is 6.16 Å². The van der Waals surface area contributed by atoms with Crippen LogP contribution in [0.15, 0.2) is 72.9 Å². The molecule has 0 heterocycles. The number of allylic oxidation sites excluding steroid dienone is 12. The summed E-state index contributed by atoms with van der Waals surface area (Å²) in [5, 5.41) is 19.9. The van der Waals surface area contributed by atoms with Crippen molar-refractivity contribution in [2.24, 2.45) is 0 Å². The molecule has 2 nitrogen and oxygen atoms in total. The van der Waals surface area contributed by atoms with Gasteiger partial charge in [0.25, 0.3) is 0 Å². The molecular formula is C20H26O2P+. The number of aliphatic hydroxyl groups excluding tert-OH is 1. The molecule has 122 valence electrons. The van der Waals surface area contributed by atoms with E-state index in [2.05, 4.69) is 72.9 Å². The molecule has 0 fully saturated rings. The van der Waals surface area contributed by atoms with Gasteiger partial charge in [-0.1, -0.05) is 54.7 Å². The summed E-state index contributed by atoms with van der Waals surface area (Å²) in [6.45, 7) is 0. The van der Waals surface area contributed by atoms with Gasteiger partial charge in [0, 0.05) is 26.5 Å². The van der Waals surface area contributed by atoms with Crippen molar-refractivity contribution in [1.82, 2.24) is 0 Å². The lowest BCUT2D eigenvalue weighted by molar-refractivity contribution is -0.0202. The Hall–Kier alpha value is -1.21. The maximum absolute atomic E-state index is 9.94. The molecule has 0 aromatic carbocycles. The second-order valence-electron chi connectivity index (χ2n) is 6.51. The van der Waals surface area contributed by atoms with Gasteiger partial charge in [-0.3, -0.25) is 0 Å². The summed E-state index contributed by atoms with van der Waals surface area (Å²) in [6, 6.07) is 0. The highest BCUT2D eigenvalue weighted by molar-refractivity contribution is 7.78. The minimum absolute atomic E-state index is 0.427. The Morgan fingerprint density at radius 2 is 1.09 bits per heavy atom. The van der Waals surface area contributed by atoms with Gasteiger partial charge in [0.2, 0.25) is 0 Å². The normalized spacial score (nSPS) is 31.7. The fraction of sp³-hybridized carbons (Fsp3) is 0.400. The maximum atomic E-state index is 9.94. The van der Waals surface area contributed by atoms with Crippen LogP contribution in [0.1, 0.15) is 19.3 Å². The van der Waals surface area contributed by atoms with Crippen molar-refractivity contribution in [2.45, 2.75) is 42.5 Å². The van der Waals surface area contributed by atoms with Gasteiger partial charge in [-0.25, -0.2) is 0 Å². The largest absolute Gasteiger partial charge is 0.365 e. The quantitative estimate of drug-likeness (QED) is 0.592. The summed E-state index contributed by atoms with van der Waals surface area (Å²) in [5.74, 6) is 0. The third-order valence-electron chi connectivity index (χ3n) is 5.21. The van der Waals surface area contributed by atoms with E-state index in [1.807, 2.05) is 0 Å². The second-order valence-corrected chi connectivity index (χ2v) is 10.9. The Kier molecular flexibility index (Phi) is 5.48. The van der Waals surface area contributed by atoms with Crippen molar-refractivity contribution in [3.05, 3.63) is 72.9 Å². The van der Waals surface area contributed by atoms with Crippen molar-refractivity contribution < 1.29 is 10.2 Å². The Morgan fingerprint density at radius 1 is 0.696 bits per heavy atom. The Balaban J connectivity index is 2.03. The average Bonchev–Trinajstić information content (AvgIpc) is 2.62. The second kappa shape index (κ2) is 7.57. The van der Waals surface area contributed by atoms with E-state index < -0.39 is 13.6 Å². The van der Waals surface area contributed by atoms with E-state index in [1.165, 1.54) is 0 Å². The topological polar surface area (TPSA) is 40.5 Å². The molecule has 3 atom stereocenters. The van der Waals surface area contributed by atoms with Crippen LogP contribution in [0.25, 0.3) is 0 Å². The van der Waals surface area contributed by atoms with Crippen molar-refractivity contribution in [2.75, 3.05) is 6.16 Å². The molecule has 0 saturated carbocycles. The molecule has 2 N–H and O–H groups in total. The molecule has 0 amide bonds. The standard InChI is InChI=1S/C20H26O2P/c21-20(22)16-23(17-10-4-1-5-11-17,18-12-6-2-7-13-18)19-14-8-3-9-15-19/h1-10,12,14,17-22H,11,13,15-16H2/q+1. The molecule has 0 aromatic heterocycles. The van der Waals surface area contributed by atoms with Crippen LogP contribution in [-0.2, 0) is 0 Å². The number of aliphatic hydroxyl groups is 2. The fourth-order valence-electron chi connectivity index (χ4n) is 4.20. The van der Waals surface area contributed by atoms with Crippen molar-refractivity contribution in [3.8, 4) is 0 Å². The fourth-order valence-corrected chi connectivity index (χ4v) is 9.85. The molecule has 0 saturated heterocycles. The third kappa shape index (κ3) is 3.50. The summed E-state index contributed by atoms with van der Waals surface area (Å²) < 4.78 is 0. The lowest BCUT2D eigenvalue weighted by Gasteiger charge is -2.44. The van der Waals surface area contributed by atoms with Crippen molar-refractivity contribution >= 4 is 7.26 Å². The van der Waals surface area contributed by atoms with E-state index in [4.69, 9.17) is 0 Å². The van der Waals surface area contributed by atoms with Crippen LogP contribution < -0.4 is 0 Å². The van der Waals surface area contributed by atoms with Crippen molar-refractivity contribution in [1.29, 1.82) is 0 Å². The molecular weight excluding hydrogens is 303 g/mol. The molecule has 3 aliphatic carbocycles. The first-order chi connectivity index (χ1) is 11.2. The predicted molar refractivity (Wildman–Crippen MR) is 100 cm³/mol. The van der Waals surface area contributed by atoms with Gasteiger partial charge >= 0.3 is 0 Å². The minimum atomic E-state index is -1.69. The monoisotopic (exact) mass is 329 g/mol. The summed E-state index contributed by atoms with van der Waals surface area (Å²) in [5.41, 5.74) is 1.28. The van der Waals surface area contributed by atoms with Gasteiger partial charge in [-0.2, -0.15) is 0 Å². The summed E-state index contributed by atoms with van der Waals surface area (Å²) in [4.78, 5) is 0. The van der Waals surface area contributed by atoms with Gasteiger partial charge in [-0.15, -0.1) is 0 Å². The molecule has 0 spiro atoms. The van der Waals surface area contributed by atoms with Gasteiger partial charge in [0.15, 0.2) is 6.29 Å². The molecule has 3 heteroatoms. The molecule has 0 aromatic rings. The predicted octanol–water partition coefficient (Wildman–Crippen LogP) is 3.97. The summed E-state index contributed by atoms with van der Waals surface area (Å²) in [7, 11) is -1.69. The van der Waals surface area contributed by atoms with Gasteiger partial charge in [0.05, 0.1) is 17.0 Å². The van der Waals surface area contributed by atoms with Crippen LogP contribution in [0.3, 0.4) is 0 Å². The Labute approximate surface area is 139 Å². The highest BCUT2D eigenvalue weighted by Crippen LogP contribution is 2.74.